The number of aromatic amines is 1. The van der Waals surface area contributed by atoms with Crippen LogP contribution in [0.1, 0.15) is 6.23 Å². The van der Waals surface area contributed by atoms with Crippen LogP contribution in [-0.4, -0.2) is 74.5 Å². The van der Waals surface area contributed by atoms with Gasteiger partial charge in [0, 0.05) is 0 Å². The first-order valence-electron chi connectivity index (χ1n) is 8.54. The summed E-state index contributed by atoms with van der Waals surface area (Å²) in [6.07, 6.45) is 1.34. The standard InChI is InChI=1S/C12H17FN5O14P3/c1-2-6(20)12(13,4-29-34(25,26)32-35(27,28)31-33(22,23)24)30-7(3-19)18-5-15-8-9(18)16-11(14)17-10(8)21/h1,5-7,19-20H,3-4H2,(H,25,26)(H,27,28)(H2,22,23,24)(H3,14,16,17,21)/t6-,7+,12+/m0/s1. The van der Waals surface area contributed by atoms with Gasteiger partial charge in [0.25, 0.3) is 11.4 Å². The minimum Gasteiger partial charge on any atom is -0.392 e. The van der Waals surface area contributed by atoms with Gasteiger partial charge in [0.15, 0.2) is 23.5 Å². The zero-order valence-electron chi connectivity index (χ0n) is 16.8. The fourth-order valence-electron chi connectivity index (χ4n) is 2.34. The third-order valence-corrected chi connectivity index (χ3v) is 7.44. The molecule has 0 radical (unpaired) electrons. The average Bonchev–Trinajstić information content (AvgIpc) is 3.11. The third-order valence-electron chi connectivity index (χ3n) is 3.66. The number of nitrogen functional groups attached to an aromatic ring is 1. The number of ether oxygens (including phenoxy) is 1. The lowest BCUT2D eigenvalue weighted by atomic mass is 10.2. The fourth-order valence-corrected chi connectivity index (χ4v) is 5.37. The van der Waals surface area contributed by atoms with E-state index in [-0.39, 0.29) is 11.2 Å². The highest BCUT2D eigenvalue weighted by molar-refractivity contribution is 7.66. The first-order chi connectivity index (χ1) is 15.9. The number of hydrogen-bond donors (Lipinski definition) is 8. The third kappa shape index (κ3) is 7.70. The highest BCUT2D eigenvalue weighted by atomic mass is 31.3. The number of hydrogen-bond acceptors (Lipinski definition) is 13. The van der Waals surface area contributed by atoms with Crippen molar-refractivity contribution >= 4 is 40.6 Å². The van der Waals surface area contributed by atoms with E-state index in [4.69, 9.17) is 31.6 Å². The Morgan fingerprint density at radius 3 is 2.43 bits per heavy atom. The summed E-state index contributed by atoms with van der Waals surface area (Å²) < 4.78 is 66.1. The number of anilines is 1. The van der Waals surface area contributed by atoms with Gasteiger partial charge in [0.1, 0.15) is 6.61 Å². The van der Waals surface area contributed by atoms with E-state index in [9.17, 15) is 33.6 Å². The Bertz CT molecular complexity index is 1320. The number of phosphoric acid groups is 3. The van der Waals surface area contributed by atoms with Gasteiger partial charge in [-0.15, -0.1) is 6.42 Å². The number of fused-ring (bicyclic) bond motifs is 1. The molecule has 35 heavy (non-hydrogen) atoms. The molecule has 0 bridgehead atoms. The fraction of sp³-hybridized carbons (Fsp3) is 0.417. The van der Waals surface area contributed by atoms with Crippen LogP contribution in [0.2, 0.25) is 0 Å². The molecule has 196 valence electrons. The maximum absolute atomic E-state index is 15.4. The Balaban J connectivity index is 2.31. The summed E-state index contributed by atoms with van der Waals surface area (Å²) in [5.41, 5.74) is 3.97. The summed E-state index contributed by atoms with van der Waals surface area (Å²) in [6.45, 7) is -2.93. The Kier molecular flexibility index (Phi) is 8.75. The monoisotopic (exact) mass is 567 g/mol. The summed E-state index contributed by atoms with van der Waals surface area (Å²) in [6, 6.07) is 0. The summed E-state index contributed by atoms with van der Waals surface area (Å²) in [4.78, 5) is 57.1. The SMILES string of the molecule is C#C[C@H](O)[C@@](F)(COP(=O)(O)OP(=O)(O)OP(=O)(O)O)O[C@H](CO)n1cnc2c(=O)[nH]c(N)nc21. The summed E-state index contributed by atoms with van der Waals surface area (Å²) in [5.74, 6) is -2.58. The van der Waals surface area contributed by atoms with Crippen molar-refractivity contribution in [2.75, 3.05) is 18.9 Å². The zero-order chi connectivity index (χ0) is 26.8. The first kappa shape index (κ1) is 29.2. The van der Waals surface area contributed by atoms with Crippen molar-refractivity contribution in [1.29, 1.82) is 0 Å². The van der Waals surface area contributed by atoms with E-state index in [0.717, 1.165) is 10.9 Å². The minimum atomic E-state index is -5.93. The molecule has 2 rings (SSSR count). The van der Waals surface area contributed by atoms with Crippen LogP contribution < -0.4 is 11.3 Å². The van der Waals surface area contributed by atoms with Crippen molar-refractivity contribution in [3.05, 3.63) is 16.7 Å². The molecule has 2 heterocycles. The van der Waals surface area contributed by atoms with Gasteiger partial charge in [-0.05, 0) is 0 Å². The molecule has 0 spiro atoms. The number of nitrogens with one attached hydrogen (secondary N) is 1. The topological polar surface area (TPSA) is 299 Å². The van der Waals surface area contributed by atoms with Crippen LogP contribution in [0.3, 0.4) is 0 Å². The van der Waals surface area contributed by atoms with Crippen molar-refractivity contribution in [1.82, 2.24) is 19.5 Å². The highest BCUT2D eigenvalue weighted by Gasteiger charge is 2.47. The number of aliphatic hydroxyl groups is 2. The first-order valence-corrected chi connectivity index (χ1v) is 13.1. The molecular formula is C12H17FN5O14P3. The molecule has 23 heteroatoms. The zero-order valence-corrected chi connectivity index (χ0v) is 19.5. The molecule has 2 aromatic heterocycles. The van der Waals surface area contributed by atoms with Crippen LogP contribution in [0, 0.1) is 12.3 Å². The van der Waals surface area contributed by atoms with Gasteiger partial charge < -0.3 is 40.3 Å². The molecule has 5 atom stereocenters. The highest BCUT2D eigenvalue weighted by Crippen LogP contribution is 2.66. The lowest BCUT2D eigenvalue weighted by molar-refractivity contribution is -0.255. The average molecular weight is 567 g/mol. The second-order valence-corrected chi connectivity index (χ2v) is 10.7. The number of aromatic nitrogens is 4. The number of halogens is 1. The Morgan fingerprint density at radius 2 is 1.89 bits per heavy atom. The maximum atomic E-state index is 15.4. The molecule has 2 unspecified atom stereocenters. The van der Waals surface area contributed by atoms with Crippen molar-refractivity contribution in [2.45, 2.75) is 18.2 Å². The van der Waals surface area contributed by atoms with E-state index in [1.165, 1.54) is 5.92 Å². The summed E-state index contributed by atoms with van der Waals surface area (Å²) >= 11 is 0. The molecule has 0 amide bonds. The number of nitrogens with zero attached hydrogens (tertiary/aromatic N) is 3. The molecule has 0 aliphatic heterocycles. The molecular weight excluding hydrogens is 550 g/mol. The number of aliphatic hydroxyl groups excluding tert-OH is 2. The maximum Gasteiger partial charge on any atom is 0.490 e. The quantitative estimate of drug-likeness (QED) is 0.104. The van der Waals surface area contributed by atoms with Crippen LogP contribution in [-0.2, 0) is 31.6 Å². The van der Waals surface area contributed by atoms with Gasteiger partial charge in [-0.25, -0.2) is 23.1 Å². The Labute approximate surface area is 192 Å². The summed E-state index contributed by atoms with van der Waals surface area (Å²) in [7, 11) is -17.5. The number of alkyl halides is 1. The van der Waals surface area contributed by atoms with Crippen LogP contribution >= 0.6 is 23.5 Å². The lowest BCUT2D eigenvalue weighted by Gasteiger charge is -2.31. The van der Waals surface area contributed by atoms with Crippen LogP contribution in [0.4, 0.5) is 10.3 Å². The van der Waals surface area contributed by atoms with E-state index in [0.29, 0.717) is 0 Å². The number of nitrogens with two attached hydrogens (primary N) is 1. The minimum absolute atomic E-state index is 0.323. The van der Waals surface area contributed by atoms with Crippen LogP contribution in [0.15, 0.2) is 11.1 Å². The van der Waals surface area contributed by atoms with Gasteiger partial charge in [-0.3, -0.25) is 18.9 Å². The van der Waals surface area contributed by atoms with Gasteiger partial charge in [-0.2, -0.15) is 13.6 Å². The van der Waals surface area contributed by atoms with E-state index in [1.807, 2.05) is 0 Å². The van der Waals surface area contributed by atoms with E-state index < -0.39 is 66.4 Å². The van der Waals surface area contributed by atoms with Gasteiger partial charge >= 0.3 is 23.5 Å². The molecule has 0 aromatic carbocycles. The van der Waals surface area contributed by atoms with Crippen LogP contribution in [0.25, 0.3) is 11.2 Å². The van der Waals surface area contributed by atoms with E-state index in [2.05, 4.69) is 28.1 Å². The second-order valence-electron chi connectivity index (χ2n) is 6.25. The molecule has 0 saturated carbocycles. The Hall–Kier alpha value is -2.07. The number of H-pyrrole nitrogens is 1. The predicted molar refractivity (Wildman–Crippen MR) is 108 cm³/mol. The van der Waals surface area contributed by atoms with E-state index >= 15 is 4.39 Å². The molecule has 0 aliphatic rings. The normalized spacial score (nSPS) is 19.3. The number of rotatable bonds is 12. The van der Waals surface area contributed by atoms with Crippen molar-refractivity contribution < 1.29 is 65.8 Å². The molecule has 9 N–H and O–H groups in total. The van der Waals surface area contributed by atoms with E-state index in [1.54, 1.807) is 0 Å². The van der Waals surface area contributed by atoms with Gasteiger partial charge in [-0.1, -0.05) is 5.92 Å². The molecule has 0 aliphatic carbocycles. The van der Waals surface area contributed by atoms with Gasteiger partial charge in [0.2, 0.25) is 5.95 Å². The predicted octanol–water partition coefficient (Wildman–Crippen LogP) is -1.79. The Morgan fingerprint density at radius 1 is 1.26 bits per heavy atom. The number of terminal acetylenes is 1. The number of phosphoric ester groups is 1. The second kappa shape index (κ2) is 10.5. The van der Waals surface area contributed by atoms with Crippen LogP contribution in [0.5, 0.6) is 0 Å². The smallest absolute Gasteiger partial charge is 0.392 e. The lowest BCUT2D eigenvalue weighted by Crippen LogP contribution is -2.46. The van der Waals surface area contributed by atoms with Gasteiger partial charge in [0.05, 0.1) is 12.9 Å². The number of imidazole rings is 1. The van der Waals surface area contributed by atoms with Crippen molar-refractivity contribution in [2.24, 2.45) is 0 Å². The summed E-state index contributed by atoms with van der Waals surface area (Å²) in [5, 5.41) is 19.5. The van der Waals surface area contributed by atoms with Crippen molar-refractivity contribution in [3.8, 4) is 12.3 Å². The largest absolute Gasteiger partial charge is 0.490 e. The molecule has 0 saturated heterocycles. The molecule has 19 nitrogen and oxygen atoms in total. The molecule has 2 aromatic rings. The van der Waals surface area contributed by atoms with Crippen molar-refractivity contribution in [3.63, 3.8) is 0 Å². The molecule has 0 fully saturated rings.